The normalized spacial score (nSPS) is 10.9. The van der Waals surface area contributed by atoms with Crippen LogP contribution in [0.15, 0.2) is 65.7 Å². The van der Waals surface area contributed by atoms with Crippen molar-refractivity contribution in [2.45, 2.75) is 20.4 Å². The fourth-order valence-electron chi connectivity index (χ4n) is 3.55. The van der Waals surface area contributed by atoms with Gasteiger partial charge in [-0.1, -0.05) is 35.3 Å². The van der Waals surface area contributed by atoms with E-state index in [4.69, 9.17) is 27.9 Å². The molecule has 0 atom stereocenters. The van der Waals surface area contributed by atoms with Crippen molar-refractivity contribution in [3.8, 4) is 5.75 Å². The number of benzene rings is 3. The number of carbonyl (C=O) groups excluding carboxylic acids is 1. The molecular formula is C25H21Cl2N3O3. The number of hydrogen-bond donors (Lipinski definition) is 1. The first-order valence-corrected chi connectivity index (χ1v) is 11.0. The second-order valence-electron chi connectivity index (χ2n) is 7.82. The standard InChI is InChI=1S/C25H21Cl2N3O3/c1-15-7-16(2)9-19(8-15)33-13-24(31)29-18-4-6-23-20(11-18)25(32)30(14-28-23)12-17-3-5-21(26)22(27)10-17/h3-11,14H,12-13H2,1-2H3,(H,29,31). The molecule has 1 aromatic heterocycles. The summed E-state index contributed by atoms with van der Waals surface area (Å²) in [7, 11) is 0. The third kappa shape index (κ3) is 5.53. The van der Waals surface area contributed by atoms with Crippen LogP contribution < -0.4 is 15.6 Å². The third-order valence-electron chi connectivity index (χ3n) is 5.01. The predicted molar refractivity (Wildman–Crippen MR) is 132 cm³/mol. The Morgan fingerprint density at radius 3 is 2.48 bits per heavy atom. The van der Waals surface area contributed by atoms with Gasteiger partial charge in [-0.05, 0) is 73.0 Å². The largest absolute Gasteiger partial charge is 0.484 e. The summed E-state index contributed by atoms with van der Waals surface area (Å²) in [4.78, 5) is 29.8. The van der Waals surface area contributed by atoms with E-state index in [-0.39, 0.29) is 18.1 Å². The molecule has 0 aliphatic rings. The topological polar surface area (TPSA) is 73.2 Å². The van der Waals surface area contributed by atoms with Crippen molar-refractivity contribution in [1.29, 1.82) is 0 Å². The second-order valence-corrected chi connectivity index (χ2v) is 8.63. The van der Waals surface area contributed by atoms with Crippen LogP contribution in [-0.4, -0.2) is 22.1 Å². The number of ether oxygens (including phenoxy) is 1. The lowest BCUT2D eigenvalue weighted by Gasteiger charge is -2.11. The minimum absolute atomic E-state index is 0.143. The molecule has 0 saturated carbocycles. The zero-order valence-corrected chi connectivity index (χ0v) is 19.6. The highest BCUT2D eigenvalue weighted by Crippen LogP contribution is 2.23. The van der Waals surface area contributed by atoms with Crippen molar-refractivity contribution >= 4 is 45.7 Å². The number of rotatable bonds is 6. The first-order valence-electron chi connectivity index (χ1n) is 10.2. The fraction of sp³-hybridized carbons (Fsp3) is 0.160. The molecule has 0 unspecified atom stereocenters. The van der Waals surface area contributed by atoms with Gasteiger partial charge in [0.25, 0.3) is 11.5 Å². The summed E-state index contributed by atoms with van der Waals surface area (Å²) in [6.45, 7) is 4.09. The van der Waals surface area contributed by atoms with E-state index >= 15 is 0 Å². The van der Waals surface area contributed by atoms with E-state index < -0.39 is 0 Å². The monoisotopic (exact) mass is 481 g/mol. The number of amides is 1. The summed E-state index contributed by atoms with van der Waals surface area (Å²) < 4.78 is 7.09. The molecule has 0 bridgehead atoms. The minimum atomic E-state index is -0.325. The van der Waals surface area contributed by atoms with Crippen molar-refractivity contribution in [2.24, 2.45) is 0 Å². The van der Waals surface area contributed by atoms with Gasteiger partial charge in [-0.25, -0.2) is 4.98 Å². The number of hydrogen-bond acceptors (Lipinski definition) is 4. The molecule has 4 aromatic rings. The Balaban J connectivity index is 1.50. The number of fused-ring (bicyclic) bond motifs is 1. The molecule has 0 fully saturated rings. The molecule has 8 heteroatoms. The van der Waals surface area contributed by atoms with E-state index in [9.17, 15) is 9.59 Å². The summed E-state index contributed by atoms with van der Waals surface area (Å²) in [5.41, 5.74) is 3.74. The number of carbonyl (C=O) groups is 1. The van der Waals surface area contributed by atoms with Gasteiger partial charge in [0.05, 0.1) is 33.8 Å². The maximum atomic E-state index is 13.0. The van der Waals surface area contributed by atoms with Gasteiger partial charge in [0, 0.05) is 5.69 Å². The average molecular weight is 482 g/mol. The minimum Gasteiger partial charge on any atom is -0.484 e. The smallest absolute Gasteiger partial charge is 0.262 e. The number of halogens is 2. The van der Waals surface area contributed by atoms with E-state index in [2.05, 4.69) is 10.3 Å². The molecule has 0 radical (unpaired) electrons. The van der Waals surface area contributed by atoms with Crippen molar-refractivity contribution < 1.29 is 9.53 Å². The van der Waals surface area contributed by atoms with E-state index in [1.54, 1.807) is 36.4 Å². The number of nitrogens with zero attached hydrogens (tertiary/aromatic N) is 2. The van der Waals surface area contributed by atoms with Crippen molar-refractivity contribution in [1.82, 2.24) is 9.55 Å². The number of aromatic nitrogens is 2. The second kappa shape index (κ2) is 9.65. The maximum absolute atomic E-state index is 13.0. The van der Waals surface area contributed by atoms with Crippen molar-refractivity contribution in [2.75, 3.05) is 11.9 Å². The van der Waals surface area contributed by atoms with Gasteiger partial charge in [-0.3, -0.25) is 14.2 Å². The maximum Gasteiger partial charge on any atom is 0.262 e. The van der Waals surface area contributed by atoms with Crippen LogP contribution in [0.25, 0.3) is 10.9 Å². The highest BCUT2D eigenvalue weighted by molar-refractivity contribution is 6.42. The Bertz CT molecular complexity index is 1400. The SMILES string of the molecule is Cc1cc(C)cc(OCC(=O)Nc2ccc3ncn(Cc4ccc(Cl)c(Cl)c4)c(=O)c3c2)c1. The Morgan fingerprint density at radius 2 is 1.76 bits per heavy atom. The fourth-order valence-corrected chi connectivity index (χ4v) is 3.87. The number of aryl methyl sites for hydroxylation is 2. The molecule has 1 heterocycles. The van der Waals surface area contributed by atoms with Crippen LogP contribution >= 0.6 is 23.2 Å². The van der Waals surface area contributed by atoms with Crippen molar-refractivity contribution in [3.05, 3.63) is 98.0 Å². The summed E-state index contributed by atoms with van der Waals surface area (Å²) in [5.74, 6) is 0.309. The van der Waals surface area contributed by atoms with E-state index in [1.807, 2.05) is 32.0 Å². The molecule has 6 nitrogen and oxygen atoms in total. The van der Waals surface area contributed by atoms with Crippen LogP contribution in [0.4, 0.5) is 5.69 Å². The van der Waals surface area contributed by atoms with E-state index in [1.165, 1.54) is 10.9 Å². The van der Waals surface area contributed by atoms with E-state index in [0.29, 0.717) is 38.9 Å². The Labute approximate surface area is 200 Å². The quantitative estimate of drug-likeness (QED) is 0.400. The van der Waals surface area contributed by atoms with Gasteiger partial charge < -0.3 is 10.1 Å². The molecule has 4 rings (SSSR count). The van der Waals surface area contributed by atoms with Gasteiger partial charge in [-0.15, -0.1) is 0 Å². The molecule has 1 amide bonds. The Kier molecular flexibility index (Phi) is 6.67. The first kappa shape index (κ1) is 22.8. The van der Waals surface area contributed by atoms with Gasteiger partial charge in [-0.2, -0.15) is 0 Å². The van der Waals surface area contributed by atoms with Crippen LogP contribution in [0.5, 0.6) is 5.75 Å². The first-order chi connectivity index (χ1) is 15.8. The lowest BCUT2D eigenvalue weighted by atomic mass is 10.1. The molecule has 33 heavy (non-hydrogen) atoms. The van der Waals surface area contributed by atoms with Crippen LogP contribution in [0.1, 0.15) is 16.7 Å². The lowest BCUT2D eigenvalue weighted by molar-refractivity contribution is -0.118. The Morgan fingerprint density at radius 1 is 1.00 bits per heavy atom. The number of nitrogens with one attached hydrogen (secondary N) is 1. The van der Waals surface area contributed by atoms with Gasteiger partial charge >= 0.3 is 0 Å². The molecule has 168 valence electrons. The Hall–Kier alpha value is -3.35. The van der Waals surface area contributed by atoms with Crippen LogP contribution in [0.3, 0.4) is 0 Å². The van der Waals surface area contributed by atoms with Gasteiger partial charge in [0.2, 0.25) is 0 Å². The molecule has 1 N–H and O–H groups in total. The third-order valence-corrected chi connectivity index (χ3v) is 5.75. The predicted octanol–water partition coefficient (Wildman–Crippen LogP) is 5.39. The van der Waals surface area contributed by atoms with Crippen LogP contribution in [-0.2, 0) is 11.3 Å². The van der Waals surface area contributed by atoms with Gasteiger partial charge in [0.15, 0.2) is 6.61 Å². The van der Waals surface area contributed by atoms with E-state index in [0.717, 1.165) is 16.7 Å². The molecular weight excluding hydrogens is 461 g/mol. The molecule has 3 aromatic carbocycles. The molecule has 0 aliphatic heterocycles. The number of anilines is 1. The lowest BCUT2D eigenvalue weighted by Crippen LogP contribution is -2.22. The highest BCUT2D eigenvalue weighted by atomic mass is 35.5. The summed E-state index contributed by atoms with van der Waals surface area (Å²) in [5, 5.41) is 4.04. The average Bonchev–Trinajstić information content (AvgIpc) is 2.76. The molecule has 0 aliphatic carbocycles. The van der Waals surface area contributed by atoms with Crippen LogP contribution in [0.2, 0.25) is 10.0 Å². The van der Waals surface area contributed by atoms with Crippen LogP contribution in [0, 0.1) is 13.8 Å². The molecule has 0 saturated heterocycles. The zero-order valence-electron chi connectivity index (χ0n) is 18.1. The zero-order chi connectivity index (χ0) is 23.5. The highest BCUT2D eigenvalue weighted by Gasteiger charge is 2.10. The summed E-state index contributed by atoms with van der Waals surface area (Å²) in [6.07, 6.45) is 1.49. The van der Waals surface area contributed by atoms with Gasteiger partial charge in [0.1, 0.15) is 5.75 Å². The molecule has 0 spiro atoms. The van der Waals surface area contributed by atoms with Crippen molar-refractivity contribution in [3.63, 3.8) is 0 Å². The summed E-state index contributed by atoms with van der Waals surface area (Å²) in [6, 6.07) is 16.0. The summed E-state index contributed by atoms with van der Waals surface area (Å²) >= 11 is 12.0.